The van der Waals surface area contributed by atoms with Gasteiger partial charge in [-0.05, 0) is 37.3 Å². The summed E-state index contributed by atoms with van der Waals surface area (Å²) < 4.78 is 13.3. The summed E-state index contributed by atoms with van der Waals surface area (Å²) in [6, 6.07) is 11.9. The number of aromatic nitrogens is 2. The number of aryl methyl sites for hydroxylation is 1. The number of piperazine rings is 1. The largest absolute Gasteiger partial charge is 0.352 e. The predicted molar refractivity (Wildman–Crippen MR) is 104 cm³/mol. The molecule has 138 valence electrons. The number of halogens is 2. The Morgan fingerprint density at radius 2 is 1.70 bits per heavy atom. The average molecular weight is 385 g/mol. The van der Waals surface area contributed by atoms with Crippen LogP contribution in [-0.2, 0) is 0 Å². The maximum atomic E-state index is 13.3. The quantitative estimate of drug-likeness (QED) is 0.676. The first kappa shape index (κ1) is 17.7. The van der Waals surface area contributed by atoms with Crippen molar-refractivity contribution in [3.8, 4) is 0 Å². The lowest BCUT2D eigenvalue weighted by Gasteiger charge is -2.36. The minimum absolute atomic E-state index is 0.0402. The fraction of sp³-hybridized carbons (Fsp3) is 0.250. The highest BCUT2D eigenvalue weighted by Gasteiger charge is 2.24. The first-order valence-electron chi connectivity index (χ1n) is 8.75. The van der Waals surface area contributed by atoms with Gasteiger partial charge in [0, 0.05) is 31.7 Å². The van der Waals surface area contributed by atoms with Crippen molar-refractivity contribution < 1.29 is 9.18 Å². The van der Waals surface area contributed by atoms with Crippen molar-refractivity contribution in [1.82, 2.24) is 14.9 Å². The van der Waals surface area contributed by atoms with Crippen molar-refractivity contribution >= 4 is 34.4 Å². The Hall–Kier alpha value is -2.73. The predicted octanol–water partition coefficient (Wildman–Crippen LogP) is 3.69. The van der Waals surface area contributed by atoms with Crippen LogP contribution >= 0.6 is 11.6 Å². The van der Waals surface area contributed by atoms with Gasteiger partial charge in [-0.3, -0.25) is 4.79 Å². The van der Waals surface area contributed by atoms with E-state index >= 15 is 0 Å². The third-order valence-corrected chi connectivity index (χ3v) is 5.04. The molecule has 5 nitrogen and oxygen atoms in total. The van der Waals surface area contributed by atoms with Crippen LogP contribution in [0.5, 0.6) is 0 Å². The number of benzene rings is 2. The third kappa shape index (κ3) is 3.45. The first-order chi connectivity index (χ1) is 13.0. The Balaban J connectivity index is 1.49. The molecule has 1 aliphatic rings. The molecule has 0 spiro atoms. The molecule has 0 bridgehead atoms. The van der Waals surface area contributed by atoms with Gasteiger partial charge in [0.1, 0.15) is 5.82 Å². The lowest BCUT2D eigenvalue weighted by molar-refractivity contribution is 0.0746. The van der Waals surface area contributed by atoms with Gasteiger partial charge in [0.05, 0.1) is 21.7 Å². The molecule has 1 aromatic heterocycles. The summed E-state index contributed by atoms with van der Waals surface area (Å²) in [5, 5.41) is -0.0402. The van der Waals surface area contributed by atoms with Gasteiger partial charge in [-0.1, -0.05) is 23.7 Å². The Labute approximate surface area is 161 Å². The van der Waals surface area contributed by atoms with E-state index in [4.69, 9.17) is 16.6 Å². The number of hydrogen-bond donors (Lipinski definition) is 0. The van der Waals surface area contributed by atoms with Gasteiger partial charge in [0.15, 0.2) is 5.82 Å². The van der Waals surface area contributed by atoms with Crippen molar-refractivity contribution in [1.29, 1.82) is 0 Å². The minimum atomic E-state index is -0.525. The van der Waals surface area contributed by atoms with E-state index in [9.17, 15) is 9.18 Å². The number of para-hydroxylation sites is 2. The Morgan fingerprint density at radius 3 is 2.37 bits per heavy atom. The Kier molecular flexibility index (Phi) is 4.66. The fourth-order valence-electron chi connectivity index (χ4n) is 3.31. The van der Waals surface area contributed by atoms with Gasteiger partial charge in [-0.15, -0.1) is 0 Å². The van der Waals surface area contributed by atoms with Gasteiger partial charge in [-0.25, -0.2) is 14.4 Å². The number of carbonyl (C=O) groups is 1. The number of nitrogens with zero attached hydrogens (tertiary/aromatic N) is 4. The second kappa shape index (κ2) is 7.12. The summed E-state index contributed by atoms with van der Waals surface area (Å²) in [6.45, 7) is 4.39. The lowest BCUT2D eigenvalue weighted by Crippen LogP contribution is -2.49. The van der Waals surface area contributed by atoms with E-state index in [0.717, 1.165) is 22.5 Å². The molecule has 1 fully saturated rings. The van der Waals surface area contributed by atoms with Crippen LogP contribution in [0.1, 0.15) is 16.1 Å². The third-order valence-electron chi connectivity index (χ3n) is 4.75. The average Bonchev–Trinajstić information content (AvgIpc) is 2.69. The van der Waals surface area contributed by atoms with Crippen molar-refractivity contribution in [2.24, 2.45) is 0 Å². The highest BCUT2D eigenvalue weighted by molar-refractivity contribution is 6.31. The molecule has 1 aliphatic heterocycles. The zero-order chi connectivity index (χ0) is 19.0. The summed E-state index contributed by atoms with van der Waals surface area (Å²) in [7, 11) is 0. The molecule has 2 aromatic carbocycles. The Bertz CT molecular complexity index is 1020. The van der Waals surface area contributed by atoms with E-state index in [-0.39, 0.29) is 10.9 Å². The van der Waals surface area contributed by atoms with Crippen LogP contribution in [0.2, 0.25) is 5.02 Å². The number of rotatable bonds is 2. The molecular weight excluding hydrogens is 367 g/mol. The van der Waals surface area contributed by atoms with Crippen molar-refractivity contribution in [2.75, 3.05) is 31.1 Å². The second-order valence-electron chi connectivity index (χ2n) is 6.53. The van der Waals surface area contributed by atoms with Crippen LogP contribution < -0.4 is 4.90 Å². The fourth-order valence-corrected chi connectivity index (χ4v) is 3.49. The molecule has 0 aliphatic carbocycles. The molecule has 0 unspecified atom stereocenters. The maximum Gasteiger partial charge on any atom is 0.254 e. The van der Waals surface area contributed by atoms with E-state index < -0.39 is 5.82 Å². The molecule has 1 saturated heterocycles. The Morgan fingerprint density at radius 1 is 1.04 bits per heavy atom. The highest BCUT2D eigenvalue weighted by atomic mass is 35.5. The van der Waals surface area contributed by atoms with Crippen LogP contribution in [0.3, 0.4) is 0 Å². The summed E-state index contributed by atoms with van der Waals surface area (Å²) in [4.78, 5) is 25.9. The summed E-state index contributed by atoms with van der Waals surface area (Å²) in [5.74, 6) is 0.187. The van der Waals surface area contributed by atoms with Crippen LogP contribution in [-0.4, -0.2) is 47.0 Å². The minimum Gasteiger partial charge on any atom is -0.352 e. The maximum absolute atomic E-state index is 13.3. The molecule has 1 amide bonds. The zero-order valence-corrected chi connectivity index (χ0v) is 15.6. The van der Waals surface area contributed by atoms with E-state index in [2.05, 4.69) is 9.88 Å². The van der Waals surface area contributed by atoms with Crippen LogP contribution in [0.15, 0.2) is 42.5 Å². The van der Waals surface area contributed by atoms with Gasteiger partial charge < -0.3 is 9.80 Å². The van der Waals surface area contributed by atoms with Gasteiger partial charge >= 0.3 is 0 Å². The summed E-state index contributed by atoms with van der Waals surface area (Å²) >= 11 is 5.80. The number of anilines is 1. The molecule has 27 heavy (non-hydrogen) atoms. The summed E-state index contributed by atoms with van der Waals surface area (Å²) in [6.07, 6.45) is 0. The number of fused-ring (bicyclic) bond motifs is 1. The van der Waals surface area contributed by atoms with Crippen LogP contribution in [0, 0.1) is 12.7 Å². The van der Waals surface area contributed by atoms with E-state index in [0.29, 0.717) is 31.7 Å². The molecule has 3 aromatic rings. The van der Waals surface area contributed by atoms with Crippen LogP contribution in [0.25, 0.3) is 11.0 Å². The van der Waals surface area contributed by atoms with E-state index in [1.165, 1.54) is 18.2 Å². The first-order valence-corrected chi connectivity index (χ1v) is 9.13. The molecule has 7 heteroatoms. The molecular formula is C20H18ClFN4O. The molecule has 0 N–H and O–H groups in total. The molecule has 0 radical (unpaired) electrons. The topological polar surface area (TPSA) is 49.3 Å². The van der Waals surface area contributed by atoms with Gasteiger partial charge in [0.25, 0.3) is 5.91 Å². The van der Waals surface area contributed by atoms with Gasteiger partial charge in [0.2, 0.25) is 0 Å². The standard InChI is InChI=1S/C20H18ClFN4O/c1-13-19(24-18-5-3-2-4-17(18)23-13)25-8-10-26(11-9-25)20(27)14-6-7-16(22)15(21)12-14/h2-7,12H,8-11H2,1H3. The molecule has 0 saturated carbocycles. The lowest BCUT2D eigenvalue weighted by atomic mass is 10.1. The molecule has 4 rings (SSSR count). The molecule has 0 atom stereocenters. The van der Waals surface area contributed by atoms with Crippen molar-refractivity contribution in [3.63, 3.8) is 0 Å². The van der Waals surface area contributed by atoms with Crippen molar-refractivity contribution in [3.05, 3.63) is 64.6 Å². The smallest absolute Gasteiger partial charge is 0.254 e. The number of carbonyl (C=O) groups excluding carboxylic acids is 1. The monoisotopic (exact) mass is 384 g/mol. The molecule has 2 heterocycles. The van der Waals surface area contributed by atoms with Crippen molar-refractivity contribution in [2.45, 2.75) is 6.92 Å². The van der Waals surface area contributed by atoms with E-state index in [1.807, 2.05) is 31.2 Å². The van der Waals surface area contributed by atoms with Gasteiger partial charge in [-0.2, -0.15) is 0 Å². The zero-order valence-electron chi connectivity index (χ0n) is 14.8. The second-order valence-corrected chi connectivity index (χ2v) is 6.94. The van der Waals surface area contributed by atoms with Crippen LogP contribution in [0.4, 0.5) is 10.2 Å². The van der Waals surface area contributed by atoms with E-state index in [1.54, 1.807) is 4.90 Å². The summed E-state index contributed by atoms with van der Waals surface area (Å²) in [5.41, 5.74) is 3.01. The highest BCUT2D eigenvalue weighted by Crippen LogP contribution is 2.22. The normalized spacial score (nSPS) is 14.6. The number of amides is 1. The number of hydrogen-bond acceptors (Lipinski definition) is 4. The SMILES string of the molecule is Cc1nc2ccccc2nc1N1CCN(C(=O)c2ccc(F)c(Cl)c2)CC1.